The van der Waals surface area contributed by atoms with Crippen molar-refractivity contribution in [3.63, 3.8) is 0 Å². The lowest BCUT2D eigenvalue weighted by Gasteiger charge is -2.08. The van der Waals surface area contributed by atoms with Crippen molar-refractivity contribution >= 4 is 38.9 Å². The summed E-state index contributed by atoms with van der Waals surface area (Å²) in [5, 5.41) is 5.29. The van der Waals surface area contributed by atoms with Crippen molar-refractivity contribution in [1.29, 1.82) is 0 Å². The molecule has 27 heavy (non-hydrogen) atoms. The number of nitrogens with one attached hydrogen (secondary N) is 1. The normalized spacial score (nSPS) is 11.2. The highest BCUT2D eigenvalue weighted by Crippen LogP contribution is 2.25. The topological polar surface area (TPSA) is 50.2 Å². The molecule has 0 amide bonds. The van der Waals surface area contributed by atoms with Gasteiger partial charge in [0.25, 0.3) is 0 Å². The zero-order valence-corrected chi connectivity index (χ0v) is 16.3. The third-order valence-corrected chi connectivity index (χ3v) is 4.70. The first-order valence-electron chi connectivity index (χ1n) is 8.57. The average molecular weight is 417 g/mol. The Morgan fingerprint density at radius 2 is 1.63 bits per heavy atom. The molecular formula is C22H17BrN4. The summed E-state index contributed by atoms with van der Waals surface area (Å²) in [6.07, 6.45) is 1.77. The Labute approximate surface area is 166 Å². The maximum atomic E-state index is 4.70. The van der Waals surface area contributed by atoms with Crippen molar-refractivity contribution in [3.05, 3.63) is 88.4 Å². The van der Waals surface area contributed by atoms with E-state index in [1.165, 1.54) is 5.56 Å². The van der Waals surface area contributed by atoms with Crippen LogP contribution >= 0.6 is 15.9 Å². The molecule has 5 heteroatoms. The number of hydrogen-bond acceptors (Lipinski definition) is 4. The highest BCUT2D eigenvalue weighted by molar-refractivity contribution is 9.10. The largest absolute Gasteiger partial charge is 0.261 e. The van der Waals surface area contributed by atoms with Gasteiger partial charge in [0.05, 0.1) is 11.7 Å². The molecule has 0 atom stereocenters. The molecule has 0 aliphatic rings. The molecule has 0 saturated carbocycles. The SMILES string of the molecule is Cc1ccc(-c2nc(NN=Cc3ccc(Br)cc3)c3ccccc3n2)cc1. The second-order valence-corrected chi connectivity index (χ2v) is 7.12. The molecule has 0 unspecified atom stereocenters. The molecule has 0 radical (unpaired) electrons. The molecule has 3 aromatic carbocycles. The highest BCUT2D eigenvalue weighted by atomic mass is 79.9. The van der Waals surface area contributed by atoms with E-state index >= 15 is 0 Å². The summed E-state index contributed by atoms with van der Waals surface area (Å²) in [6.45, 7) is 2.06. The second-order valence-electron chi connectivity index (χ2n) is 6.20. The minimum atomic E-state index is 0.676. The molecule has 4 aromatic rings. The fourth-order valence-electron chi connectivity index (χ4n) is 2.71. The lowest BCUT2D eigenvalue weighted by Crippen LogP contribution is -1.99. The van der Waals surface area contributed by atoms with E-state index in [4.69, 9.17) is 9.97 Å². The van der Waals surface area contributed by atoms with Crippen LogP contribution < -0.4 is 5.43 Å². The summed E-state index contributed by atoms with van der Waals surface area (Å²) in [6, 6.07) is 24.1. The van der Waals surface area contributed by atoms with Crippen molar-refractivity contribution in [2.75, 3.05) is 5.43 Å². The van der Waals surface area contributed by atoms with Gasteiger partial charge in [0.1, 0.15) is 0 Å². The van der Waals surface area contributed by atoms with E-state index in [0.717, 1.165) is 26.5 Å². The van der Waals surface area contributed by atoms with Crippen molar-refractivity contribution in [3.8, 4) is 11.4 Å². The third kappa shape index (κ3) is 4.04. The standard InChI is InChI=1S/C22H17BrN4/c1-15-6-10-17(11-7-15)21-25-20-5-3-2-4-19(20)22(26-21)27-24-14-16-8-12-18(23)13-9-16/h2-14H,1H3,(H,25,26,27). The first-order chi connectivity index (χ1) is 13.2. The van der Waals surface area contributed by atoms with Crippen LogP contribution in [0.1, 0.15) is 11.1 Å². The summed E-state index contributed by atoms with van der Waals surface area (Å²) in [4.78, 5) is 9.41. The average Bonchev–Trinajstić information content (AvgIpc) is 2.70. The van der Waals surface area contributed by atoms with Crippen LogP contribution in [0.5, 0.6) is 0 Å². The van der Waals surface area contributed by atoms with E-state index in [1.54, 1.807) is 6.21 Å². The third-order valence-electron chi connectivity index (χ3n) is 4.17. The zero-order valence-electron chi connectivity index (χ0n) is 14.7. The van der Waals surface area contributed by atoms with E-state index in [-0.39, 0.29) is 0 Å². The van der Waals surface area contributed by atoms with Crippen LogP contribution in [0.3, 0.4) is 0 Å². The van der Waals surface area contributed by atoms with E-state index in [0.29, 0.717) is 11.6 Å². The first kappa shape index (κ1) is 17.4. The predicted octanol–water partition coefficient (Wildman–Crippen LogP) is 5.81. The van der Waals surface area contributed by atoms with E-state index in [9.17, 15) is 0 Å². The van der Waals surface area contributed by atoms with Crippen LogP contribution in [0.25, 0.3) is 22.3 Å². The maximum absolute atomic E-state index is 4.70. The van der Waals surface area contributed by atoms with Crippen LogP contribution in [-0.2, 0) is 0 Å². The maximum Gasteiger partial charge on any atom is 0.162 e. The molecule has 4 nitrogen and oxygen atoms in total. The number of fused-ring (bicyclic) bond motifs is 1. The van der Waals surface area contributed by atoms with Crippen molar-refractivity contribution < 1.29 is 0 Å². The molecule has 0 spiro atoms. The van der Waals surface area contributed by atoms with Gasteiger partial charge >= 0.3 is 0 Å². The number of benzene rings is 3. The number of aryl methyl sites for hydroxylation is 1. The molecule has 0 saturated heterocycles. The Bertz CT molecular complexity index is 1100. The number of nitrogens with zero attached hydrogens (tertiary/aromatic N) is 3. The predicted molar refractivity (Wildman–Crippen MR) is 115 cm³/mol. The van der Waals surface area contributed by atoms with Gasteiger partial charge in [0.2, 0.25) is 0 Å². The van der Waals surface area contributed by atoms with Gasteiger partial charge in [0.15, 0.2) is 11.6 Å². The van der Waals surface area contributed by atoms with Gasteiger partial charge in [-0.15, -0.1) is 0 Å². The number of hydrazone groups is 1. The number of halogens is 1. The number of rotatable bonds is 4. The van der Waals surface area contributed by atoms with Crippen molar-refractivity contribution in [2.24, 2.45) is 5.10 Å². The Balaban J connectivity index is 1.70. The number of hydrogen-bond donors (Lipinski definition) is 1. The number of para-hydroxylation sites is 1. The molecule has 0 fully saturated rings. The minimum Gasteiger partial charge on any atom is -0.261 e. The van der Waals surface area contributed by atoms with Crippen LogP contribution in [0, 0.1) is 6.92 Å². The Hall–Kier alpha value is -3.05. The summed E-state index contributed by atoms with van der Waals surface area (Å²) in [5.74, 6) is 1.36. The van der Waals surface area contributed by atoms with Crippen molar-refractivity contribution in [1.82, 2.24) is 9.97 Å². The van der Waals surface area contributed by atoms with Gasteiger partial charge in [-0.05, 0) is 36.8 Å². The monoisotopic (exact) mass is 416 g/mol. The molecular weight excluding hydrogens is 400 g/mol. The van der Waals surface area contributed by atoms with Gasteiger partial charge in [-0.25, -0.2) is 9.97 Å². The van der Waals surface area contributed by atoms with Gasteiger partial charge in [-0.2, -0.15) is 5.10 Å². The summed E-state index contributed by atoms with van der Waals surface area (Å²) in [5.41, 5.74) is 7.14. The lowest BCUT2D eigenvalue weighted by atomic mass is 10.1. The zero-order chi connectivity index (χ0) is 18.6. The van der Waals surface area contributed by atoms with Gasteiger partial charge < -0.3 is 0 Å². The summed E-state index contributed by atoms with van der Waals surface area (Å²) >= 11 is 3.43. The Morgan fingerprint density at radius 1 is 0.889 bits per heavy atom. The molecule has 0 aliphatic heterocycles. The second kappa shape index (κ2) is 7.68. The molecule has 1 N–H and O–H groups in total. The van der Waals surface area contributed by atoms with E-state index in [2.05, 4.69) is 45.5 Å². The number of anilines is 1. The van der Waals surface area contributed by atoms with Gasteiger partial charge in [0, 0.05) is 15.4 Å². The quantitative estimate of drug-likeness (QED) is 0.337. The Kier molecular flexibility index (Phi) is 4.94. The van der Waals surface area contributed by atoms with E-state index in [1.807, 2.05) is 60.7 Å². The molecule has 4 rings (SSSR count). The highest BCUT2D eigenvalue weighted by Gasteiger charge is 2.08. The fourth-order valence-corrected chi connectivity index (χ4v) is 2.97. The molecule has 132 valence electrons. The van der Waals surface area contributed by atoms with Crippen LogP contribution in [0.15, 0.2) is 82.4 Å². The van der Waals surface area contributed by atoms with Gasteiger partial charge in [-0.3, -0.25) is 5.43 Å². The summed E-state index contributed by atoms with van der Waals surface area (Å²) in [7, 11) is 0. The van der Waals surface area contributed by atoms with Gasteiger partial charge in [-0.1, -0.05) is 70.0 Å². The van der Waals surface area contributed by atoms with E-state index < -0.39 is 0 Å². The van der Waals surface area contributed by atoms with Crippen LogP contribution in [-0.4, -0.2) is 16.2 Å². The Morgan fingerprint density at radius 3 is 2.41 bits per heavy atom. The number of aromatic nitrogens is 2. The summed E-state index contributed by atoms with van der Waals surface area (Å²) < 4.78 is 1.04. The fraction of sp³-hybridized carbons (Fsp3) is 0.0455. The van der Waals surface area contributed by atoms with Crippen molar-refractivity contribution in [2.45, 2.75) is 6.92 Å². The molecule has 0 aliphatic carbocycles. The molecule has 1 heterocycles. The molecule has 1 aromatic heterocycles. The first-order valence-corrected chi connectivity index (χ1v) is 9.37. The molecule has 0 bridgehead atoms. The smallest absolute Gasteiger partial charge is 0.162 e. The van der Waals surface area contributed by atoms with Crippen LogP contribution in [0.2, 0.25) is 0 Å². The van der Waals surface area contributed by atoms with Crippen LogP contribution in [0.4, 0.5) is 5.82 Å². The lowest BCUT2D eigenvalue weighted by molar-refractivity contribution is 1.19. The minimum absolute atomic E-state index is 0.676.